The Bertz CT molecular complexity index is 784. The number of aryl methyl sites for hydroxylation is 1. The summed E-state index contributed by atoms with van der Waals surface area (Å²) in [7, 11) is 1.94. The zero-order valence-corrected chi connectivity index (χ0v) is 18.5. The van der Waals surface area contributed by atoms with Crippen molar-refractivity contribution >= 4 is 53.7 Å². The Morgan fingerprint density at radius 1 is 1.19 bits per heavy atom. The molecule has 1 N–H and O–H groups in total. The van der Waals surface area contributed by atoms with E-state index in [9.17, 15) is 4.79 Å². The minimum absolute atomic E-state index is 0. The van der Waals surface area contributed by atoms with Gasteiger partial charge in [0.05, 0.1) is 5.69 Å². The Morgan fingerprint density at radius 2 is 1.78 bits per heavy atom. The first-order chi connectivity index (χ1) is 12.0. The molecule has 2 atom stereocenters. The summed E-state index contributed by atoms with van der Waals surface area (Å²) in [5, 5.41) is 5.21. The number of fused-ring (bicyclic) bond motifs is 2. The van der Waals surface area contributed by atoms with Crippen LogP contribution in [0.15, 0.2) is 24.3 Å². The SMILES string of the molecule is Cc1nc(-c2ccc(Cl)cc2)sc1C(=O)N(C)C1CC2CCC(C1)N2.Cl.Cl. The molecule has 0 radical (unpaired) electrons. The molecule has 1 amide bonds. The van der Waals surface area contributed by atoms with Crippen molar-refractivity contribution < 1.29 is 4.79 Å². The number of rotatable bonds is 3. The molecule has 0 aliphatic carbocycles. The van der Waals surface area contributed by atoms with Crippen LogP contribution in [0.3, 0.4) is 0 Å². The fourth-order valence-corrected chi connectivity index (χ4v) is 5.16. The minimum atomic E-state index is 0. The number of amides is 1. The predicted molar refractivity (Wildman–Crippen MR) is 117 cm³/mol. The molecule has 1 aromatic carbocycles. The molecule has 27 heavy (non-hydrogen) atoms. The summed E-state index contributed by atoms with van der Waals surface area (Å²) >= 11 is 7.43. The summed E-state index contributed by atoms with van der Waals surface area (Å²) in [6.07, 6.45) is 4.59. The summed E-state index contributed by atoms with van der Waals surface area (Å²) in [6, 6.07) is 9.08. The van der Waals surface area contributed by atoms with Crippen molar-refractivity contribution in [2.24, 2.45) is 0 Å². The monoisotopic (exact) mass is 447 g/mol. The van der Waals surface area contributed by atoms with Crippen LogP contribution in [0.25, 0.3) is 10.6 Å². The highest BCUT2D eigenvalue weighted by Crippen LogP contribution is 2.33. The van der Waals surface area contributed by atoms with E-state index >= 15 is 0 Å². The fourth-order valence-electron chi connectivity index (χ4n) is 3.98. The van der Waals surface area contributed by atoms with Gasteiger partial charge in [-0.05, 0) is 44.7 Å². The molecule has 2 bridgehead atoms. The summed E-state index contributed by atoms with van der Waals surface area (Å²) in [4.78, 5) is 20.4. The normalized spacial score (nSPS) is 23.3. The van der Waals surface area contributed by atoms with Crippen molar-refractivity contribution in [3.8, 4) is 10.6 Å². The number of hydrogen-bond acceptors (Lipinski definition) is 4. The van der Waals surface area contributed by atoms with Crippen LogP contribution in [-0.4, -0.2) is 41.0 Å². The Balaban J connectivity index is 0.00000131. The first-order valence-corrected chi connectivity index (χ1v) is 9.97. The summed E-state index contributed by atoms with van der Waals surface area (Å²) in [5.74, 6) is 0.0986. The molecule has 0 spiro atoms. The molecule has 2 unspecified atom stereocenters. The average molecular weight is 449 g/mol. The van der Waals surface area contributed by atoms with Gasteiger partial charge in [0.2, 0.25) is 0 Å². The zero-order chi connectivity index (χ0) is 17.6. The fraction of sp³-hybridized carbons (Fsp3) is 0.474. The Labute approximate surface area is 181 Å². The van der Waals surface area contributed by atoms with Crippen LogP contribution in [0.4, 0.5) is 0 Å². The highest BCUT2D eigenvalue weighted by Gasteiger charge is 2.37. The first-order valence-electron chi connectivity index (χ1n) is 8.78. The molecule has 2 fully saturated rings. The maximum absolute atomic E-state index is 13.1. The standard InChI is InChI=1S/C19H22ClN3OS.2ClH/c1-11-17(25-18(21-11)12-3-5-13(20)6-4-12)19(24)23(2)16-9-14-7-8-15(10-16)22-14;;/h3-6,14-16,22H,7-10H2,1-2H3;2*1H. The van der Waals surface area contributed by atoms with Gasteiger partial charge < -0.3 is 10.2 Å². The van der Waals surface area contributed by atoms with Crippen molar-refractivity contribution in [1.29, 1.82) is 0 Å². The summed E-state index contributed by atoms with van der Waals surface area (Å²) in [5.41, 5.74) is 1.81. The molecule has 2 aliphatic rings. The van der Waals surface area contributed by atoms with Gasteiger partial charge in [0, 0.05) is 35.8 Å². The van der Waals surface area contributed by atoms with Crippen molar-refractivity contribution in [2.45, 2.75) is 50.7 Å². The van der Waals surface area contributed by atoms with E-state index < -0.39 is 0 Å². The van der Waals surface area contributed by atoms with Gasteiger partial charge in [0.15, 0.2) is 0 Å². The van der Waals surface area contributed by atoms with Gasteiger partial charge in [-0.3, -0.25) is 4.79 Å². The Morgan fingerprint density at radius 3 is 2.37 bits per heavy atom. The molecule has 4 nitrogen and oxygen atoms in total. The van der Waals surface area contributed by atoms with E-state index in [1.165, 1.54) is 24.2 Å². The Kier molecular flexibility index (Phi) is 7.56. The second-order valence-electron chi connectivity index (χ2n) is 7.12. The van der Waals surface area contributed by atoms with Crippen LogP contribution in [0.2, 0.25) is 5.02 Å². The highest BCUT2D eigenvalue weighted by atomic mass is 35.5. The van der Waals surface area contributed by atoms with Gasteiger partial charge in [0.25, 0.3) is 5.91 Å². The van der Waals surface area contributed by atoms with Crippen molar-refractivity contribution in [3.63, 3.8) is 0 Å². The van der Waals surface area contributed by atoms with Crippen LogP contribution >= 0.6 is 47.8 Å². The van der Waals surface area contributed by atoms with Gasteiger partial charge in [-0.1, -0.05) is 23.7 Å². The van der Waals surface area contributed by atoms with Crippen LogP contribution < -0.4 is 5.32 Å². The lowest BCUT2D eigenvalue weighted by Crippen LogP contribution is -2.48. The Hall–Kier alpha value is -0.850. The molecular weight excluding hydrogens is 425 g/mol. The quantitative estimate of drug-likeness (QED) is 0.721. The van der Waals surface area contributed by atoms with E-state index in [0.29, 0.717) is 23.1 Å². The molecule has 2 saturated heterocycles. The van der Waals surface area contributed by atoms with Crippen LogP contribution in [0.5, 0.6) is 0 Å². The molecule has 2 aromatic rings. The van der Waals surface area contributed by atoms with E-state index in [-0.39, 0.29) is 30.7 Å². The topological polar surface area (TPSA) is 45.2 Å². The van der Waals surface area contributed by atoms with E-state index in [1.54, 1.807) is 0 Å². The number of carbonyl (C=O) groups is 1. The largest absolute Gasteiger partial charge is 0.338 e. The molecule has 0 saturated carbocycles. The molecule has 1 aromatic heterocycles. The van der Waals surface area contributed by atoms with Gasteiger partial charge >= 0.3 is 0 Å². The smallest absolute Gasteiger partial charge is 0.265 e. The van der Waals surface area contributed by atoms with E-state index in [0.717, 1.165) is 34.0 Å². The highest BCUT2D eigenvalue weighted by molar-refractivity contribution is 7.17. The van der Waals surface area contributed by atoms with Crippen LogP contribution in [0.1, 0.15) is 41.0 Å². The van der Waals surface area contributed by atoms with Gasteiger partial charge in [-0.2, -0.15) is 0 Å². The molecule has 3 heterocycles. The lowest BCUT2D eigenvalue weighted by atomic mass is 9.98. The molecular formula is C19H24Cl3N3OS. The summed E-state index contributed by atoms with van der Waals surface area (Å²) < 4.78 is 0. The van der Waals surface area contributed by atoms with Crippen LogP contribution in [0, 0.1) is 6.92 Å². The van der Waals surface area contributed by atoms with Gasteiger partial charge in [-0.15, -0.1) is 36.2 Å². The van der Waals surface area contributed by atoms with Crippen LogP contribution in [-0.2, 0) is 0 Å². The number of halogens is 3. The maximum atomic E-state index is 13.1. The van der Waals surface area contributed by atoms with E-state index in [4.69, 9.17) is 11.6 Å². The van der Waals surface area contributed by atoms with Crippen molar-refractivity contribution in [2.75, 3.05) is 7.05 Å². The third-order valence-corrected chi connectivity index (χ3v) is 6.84. The maximum Gasteiger partial charge on any atom is 0.265 e. The number of piperidine rings is 1. The number of carbonyl (C=O) groups excluding carboxylic acids is 1. The lowest BCUT2D eigenvalue weighted by molar-refractivity contribution is 0.0685. The molecule has 2 aliphatic heterocycles. The zero-order valence-electron chi connectivity index (χ0n) is 15.3. The molecule has 4 rings (SSSR count). The average Bonchev–Trinajstić information content (AvgIpc) is 3.16. The van der Waals surface area contributed by atoms with Crippen molar-refractivity contribution in [3.05, 3.63) is 39.9 Å². The number of aromatic nitrogens is 1. The molecule has 8 heteroatoms. The second kappa shape index (κ2) is 9.10. The number of benzene rings is 1. The first kappa shape index (κ1) is 22.4. The van der Waals surface area contributed by atoms with Crippen molar-refractivity contribution in [1.82, 2.24) is 15.2 Å². The summed E-state index contributed by atoms with van der Waals surface area (Å²) in [6.45, 7) is 1.92. The molecule has 148 valence electrons. The third kappa shape index (κ3) is 4.60. The predicted octanol–water partition coefficient (Wildman–Crippen LogP) is 4.97. The van der Waals surface area contributed by atoms with Gasteiger partial charge in [-0.25, -0.2) is 4.98 Å². The third-order valence-electron chi connectivity index (χ3n) is 5.40. The van der Waals surface area contributed by atoms with E-state index in [2.05, 4.69) is 10.3 Å². The number of hydrogen-bond donors (Lipinski definition) is 1. The van der Waals surface area contributed by atoms with E-state index in [1.807, 2.05) is 43.1 Å². The van der Waals surface area contributed by atoms with Gasteiger partial charge in [0.1, 0.15) is 9.88 Å². The number of thiazole rings is 1. The number of nitrogens with zero attached hydrogens (tertiary/aromatic N) is 2. The second-order valence-corrected chi connectivity index (χ2v) is 8.56. The lowest BCUT2D eigenvalue weighted by Gasteiger charge is -2.35. The number of nitrogens with one attached hydrogen (secondary N) is 1. The minimum Gasteiger partial charge on any atom is -0.338 e.